The predicted octanol–water partition coefficient (Wildman–Crippen LogP) is 1.23. The minimum atomic E-state index is -0.312. The first-order valence-corrected chi connectivity index (χ1v) is 8.60. The summed E-state index contributed by atoms with van der Waals surface area (Å²) < 4.78 is 0. The third-order valence-corrected chi connectivity index (χ3v) is 3.71. The van der Waals surface area contributed by atoms with Crippen molar-refractivity contribution in [2.45, 2.75) is 46.8 Å². The molecule has 0 aliphatic heterocycles. The molecule has 0 saturated carbocycles. The highest BCUT2D eigenvalue weighted by Gasteiger charge is 2.10. The van der Waals surface area contributed by atoms with Crippen LogP contribution in [0.3, 0.4) is 0 Å². The summed E-state index contributed by atoms with van der Waals surface area (Å²) in [7, 11) is 0. The van der Waals surface area contributed by atoms with E-state index in [-0.39, 0.29) is 12.2 Å². The van der Waals surface area contributed by atoms with Gasteiger partial charge in [-0.3, -0.25) is 4.90 Å². The summed E-state index contributed by atoms with van der Waals surface area (Å²) in [5.74, 6) is 0. The number of likely N-dealkylation sites (N-methyl/N-ethyl adjacent to an activating group) is 2. The Labute approximate surface area is 137 Å². The molecule has 0 fully saturated rings. The molecule has 0 saturated heterocycles. The molecule has 0 rings (SSSR count). The topological polar surface area (TPSA) is 50.2 Å². The van der Waals surface area contributed by atoms with Crippen LogP contribution in [0.25, 0.3) is 0 Å². The quantitative estimate of drug-likeness (QED) is 0.535. The maximum Gasteiger partial charge on any atom is 0.0686 e. The molecule has 0 aromatic heterocycles. The summed E-state index contributed by atoms with van der Waals surface area (Å²) in [6.45, 7) is 17.3. The third-order valence-electron chi connectivity index (χ3n) is 3.71. The first-order valence-electron chi connectivity index (χ1n) is 8.60. The molecule has 0 aromatic carbocycles. The molecule has 2 unspecified atom stereocenters. The van der Waals surface area contributed by atoms with Crippen LogP contribution < -0.4 is 0 Å². The van der Waals surface area contributed by atoms with Crippen LogP contribution in [0.1, 0.15) is 34.6 Å². The van der Waals surface area contributed by atoms with E-state index in [1.807, 2.05) is 33.0 Å². The van der Waals surface area contributed by atoms with Gasteiger partial charge in [0.1, 0.15) is 0 Å². The Balaban J connectivity index is 4.22. The minimum Gasteiger partial charge on any atom is -0.392 e. The van der Waals surface area contributed by atoms with Gasteiger partial charge in [0.2, 0.25) is 0 Å². The summed E-state index contributed by atoms with van der Waals surface area (Å²) in [5.41, 5.74) is 0. The van der Waals surface area contributed by atoms with Crippen LogP contribution >= 0.6 is 0 Å². The molecular weight excluding hydrogens is 278 g/mol. The fourth-order valence-electron chi connectivity index (χ4n) is 2.51. The normalized spacial score (nSPS) is 15.0. The van der Waals surface area contributed by atoms with E-state index in [1.165, 1.54) is 0 Å². The van der Waals surface area contributed by atoms with E-state index < -0.39 is 0 Å². The highest BCUT2D eigenvalue weighted by atomic mass is 16.3. The van der Waals surface area contributed by atoms with Crippen molar-refractivity contribution in [1.29, 1.82) is 0 Å². The van der Waals surface area contributed by atoms with Crippen molar-refractivity contribution in [2.75, 3.05) is 52.4 Å². The molecular formula is C17H37N3O2. The van der Waals surface area contributed by atoms with Crippen molar-refractivity contribution in [3.8, 4) is 0 Å². The molecule has 0 amide bonds. The van der Waals surface area contributed by atoms with Gasteiger partial charge >= 0.3 is 0 Å². The molecule has 2 N–H and O–H groups in total. The summed E-state index contributed by atoms with van der Waals surface area (Å²) in [5, 5.41) is 19.0. The molecule has 0 spiro atoms. The molecule has 5 nitrogen and oxygen atoms in total. The molecule has 0 aliphatic carbocycles. The molecule has 5 heteroatoms. The maximum atomic E-state index is 9.54. The average molecular weight is 316 g/mol. The van der Waals surface area contributed by atoms with Gasteiger partial charge in [0, 0.05) is 39.3 Å². The minimum absolute atomic E-state index is 0.272. The van der Waals surface area contributed by atoms with Gasteiger partial charge in [-0.2, -0.15) is 0 Å². The van der Waals surface area contributed by atoms with Gasteiger partial charge in [0.05, 0.1) is 12.2 Å². The fraction of sp³-hybridized carbons (Fsp3) is 0.882. The van der Waals surface area contributed by atoms with Crippen molar-refractivity contribution in [3.05, 3.63) is 12.3 Å². The van der Waals surface area contributed by atoms with E-state index in [4.69, 9.17) is 0 Å². The lowest BCUT2D eigenvalue weighted by molar-refractivity contribution is 0.115. The Morgan fingerprint density at radius 3 is 1.77 bits per heavy atom. The van der Waals surface area contributed by atoms with Crippen LogP contribution in [0.4, 0.5) is 0 Å². The number of hydrogen-bond acceptors (Lipinski definition) is 5. The number of nitrogens with zero attached hydrogens (tertiary/aromatic N) is 3. The van der Waals surface area contributed by atoms with Crippen molar-refractivity contribution in [1.82, 2.24) is 14.7 Å². The molecule has 22 heavy (non-hydrogen) atoms. The maximum absolute atomic E-state index is 9.54. The van der Waals surface area contributed by atoms with Gasteiger partial charge in [-0.25, -0.2) is 0 Å². The van der Waals surface area contributed by atoms with Gasteiger partial charge in [-0.15, -0.1) is 0 Å². The fourth-order valence-corrected chi connectivity index (χ4v) is 2.51. The Kier molecular flexibility index (Phi) is 12.5. The van der Waals surface area contributed by atoms with E-state index >= 15 is 0 Å². The van der Waals surface area contributed by atoms with Crippen molar-refractivity contribution in [2.24, 2.45) is 0 Å². The molecule has 132 valence electrons. The first kappa shape index (κ1) is 21.4. The van der Waals surface area contributed by atoms with Crippen molar-refractivity contribution < 1.29 is 10.2 Å². The van der Waals surface area contributed by atoms with E-state index in [1.54, 1.807) is 0 Å². The second-order valence-electron chi connectivity index (χ2n) is 6.00. The van der Waals surface area contributed by atoms with Gasteiger partial charge in [-0.05, 0) is 40.1 Å². The van der Waals surface area contributed by atoms with Gasteiger partial charge in [0.25, 0.3) is 0 Å². The smallest absolute Gasteiger partial charge is 0.0686 e. The Morgan fingerprint density at radius 2 is 1.32 bits per heavy atom. The first-order chi connectivity index (χ1) is 10.4. The molecule has 0 aromatic rings. The SMILES string of the molecule is C/C=C/N(CCN(CC)CCN(CC)CC(C)O)CC(C)O. The standard InChI is InChI=1S/C17H37N3O2/c1-6-9-20(15-17(5)22)13-11-18(7-2)10-12-19(8-3)14-16(4)21/h6,9,16-17,21-22H,7-8,10-15H2,1-5H3/b9-6+. The van der Waals surface area contributed by atoms with Gasteiger partial charge in [-0.1, -0.05) is 19.9 Å². The van der Waals surface area contributed by atoms with E-state index in [9.17, 15) is 10.2 Å². The summed E-state index contributed by atoms with van der Waals surface area (Å²) >= 11 is 0. The van der Waals surface area contributed by atoms with E-state index in [0.29, 0.717) is 6.54 Å². The lowest BCUT2D eigenvalue weighted by Gasteiger charge is -2.29. The molecule has 0 aliphatic rings. The second kappa shape index (κ2) is 12.9. The van der Waals surface area contributed by atoms with E-state index in [2.05, 4.69) is 28.5 Å². The average Bonchev–Trinajstić information content (AvgIpc) is 2.45. The van der Waals surface area contributed by atoms with Gasteiger partial charge < -0.3 is 20.0 Å². The zero-order chi connectivity index (χ0) is 17.0. The summed E-state index contributed by atoms with van der Waals surface area (Å²) in [4.78, 5) is 6.87. The lowest BCUT2D eigenvalue weighted by Crippen LogP contribution is -2.41. The van der Waals surface area contributed by atoms with Crippen LogP contribution in [0.5, 0.6) is 0 Å². The third kappa shape index (κ3) is 11.0. The summed E-state index contributed by atoms with van der Waals surface area (Å²) in [6, 6.07) is 0. The van der Waals surface area contributed by atoms with E-state index in [0.717, 1.165) is 45.8 Å². The Morgan fingerprint density at radius 1 is 0.818 bits per heavy atom. The predicted molar refractivity (Wildman–Crippen MR) is 94.0 cm³/mol. The monoisotopic (exact) mass is 315 g/mol. The zero-order valence-electron chi connectivity index (χ0n) is 15.2. The highest BCUT2D eigenvalue weighted by molar-refractivity contribution is 4.80. The number of allylic oxidation sites excluding steroid dienone is 1. The molecule has 0 radical (unpaired) electrons. The zero-order valence-corrected chi connectivity index (χ0v) is 15.2. The lowest BCUT2D eigenvalue weighted by atomic mass is 10.3. The van der Waals surface area contributed by atoms with Crippen LogP contribution in [-0.2, 0) is 0 Å². The molecule has 0 bridgehead atoms. The molecule has 0 heterocycles. The molecule has 2 atom stereocenters. The van der Waals surface area contributed by atoms with Crippen LogP contribution in [-0.4, -0.2) is 89.5 Å². The number of hydrogen-bond donors (Lipinski definition) is 2. The van der Waals surface area contributed by atoms with Crippen molar-refractivity contribution in [3.63, 3.8) is 0 Å². The van der Waals surface area contributed by atoms with Crippen LogP contribution in [0, 0.1) is 0 Å². The van der Waals surface area contributed by atoms with Crippen LogP contribution in [0.15, 0.2) is 12.3 Å². The Hall–Kier alpha value is -0.620. The van der Waals surface area contributed by atoms with Crippen molar-refractivity contribution >= 4 is 0 Å². The number of aliphatic hydroxyl groups excluding tert-OH is 2. The van der Waals surface area contributed by atoms with Gasteiger partial charge in [0.15, 0.2) is 0 Å². The van der Waals surface area contributed by atoms with Crippen LogP contribution in [0.2, 0.25) is 0 Å². The Bertz CT molecular complexity index is 283. The highest BCUT2D eigenvalue weighted by Crippen LogP contribution is 1.99. The number of aliphatic hydroxyl groups is 2. The number of rotatable bonds is 13. The second-order valence-corrected chi connectivity index (χ2v) is 6.00. The largest absolute Gasteiger partial charge is 0.392 e. The summed E-state index contributed by atoms with van der Waals surface area (Å²) in [6.07, 6.45) is 3.48.